The molecule has 154 valence electrons. The van der Waals surface area contributed by atoms with Crippen LogP contribution in [0.5, 0.6) is 17.2 Å². The average Bonchev–Trinajstić information content (AvgIpc) is 2.63. The summed E-state index contributed by atoms with van der Waals surface area (Å²) in [5, 5.41) is 11.8. The summed E-state index contributed by atoms with van der Waals surface area (Å²) in [6.45, 7) is 2.23. The number of benzene rings is 2. The molecule has 0 atom stereocenters. The van der Waals surface area contributed by atoms with E-state index < -0.39 is 20.8 Å². The van der Waals surface area contributed by atoms with E-state index in [2.05, 4.69) is 13.0 Å². The third-order valence-electron chi connectivity index (χ3n) is 4.65. The SMILES string of the molecule is CCCCCCCCCCc1cccc(Oc2ccc(S(=O)(=O)O)c([O-])c2)c1.[Na+]. The topological polar surface area (TPSA) is 86.7 Å². The van der Waals surface area contributed by atoms with Gasteiger partial charge in [0.05, 0.1) is 4.90 Å². The first-order valence-electron chi connectivity index (χ1n) is 9.95. The van der Waals surface area contributed by atoms with Crippen molar-refractivity contribution in [3.05, 3.63) is 48.0 Å². The molecule has 0 heterocycles. The second kappa shape index (κ2) is 13.3. The standard InChI is InChI=1S/C22H30O5S.Na/c1-2-3-4-5-6-7-8-9-11-18-12-10-13-19(16-18)27-20-14-15-22(21(23)17-20)28(24,25)26;/h10,12-17,23H,2-9,11H2,1H3,(H,24,25,26);/q;+1/p-1. The Labute approximate surface area is 196 Å². The van der Waals surface area contributed by atoms with Gasteiger partial charge in [0.25, 0.3) is 10.1 Å². The Morgan fingerprint density at radius 1 is 0.897 bits per heavy atom. The minimum absolute atomic E-state index is 0. The van der Waals surface area contributed by atoms with Crippen LogP contribution in [0.1, 0.15) is 63.9 Å². The molecule has 0 aromatic heterocycles. The molecular formula is C22H29NaO5S. The average molecular weight is 429 g/mol. The summed E-state index contributed by atoms with van der Waals surface area (Å²) in [4.78, 5) is -0.650. The zero-order chi connectivity index (χ0) is 20.4. The first-order chi connectivity index (χ1) is 13.4. The molecule has 0 bridgehead atoms. The molecule has 0 spiro atoms. The van der Waals surface area contributed by atoms with Gasteiger partial charge in [-0.3, -0.25) is 4.55 Å². The van der Waals surface area contributed by atoms with E-state index in [1.807, 2.05) is 12.1 Å². The maximum Gasteiger partial charge on any atom is 1.00 e. The maximum absolute atomic E-state index is 11.8. The van der Waals surface area contributed by atoms with Crippen LogP contribution in [0.2, 0.25) is 0 Å². The molecule has 0 fully saturated rings. The first kappa shape index (κ1) is 26.0. The van der Waals surface area contributed by atoms with Gasteiger partial charge in [-0.25, -0.2) is 0 Å². The van der Waals surface area contributed by atoms with Crippen LogP contribution in [0.3, 0.4) is 0 Å². The number of aryl methyl sites for hydroxylation is 1. The summed E-state index contributed by atoms with van der Waals surface area (Å²) < 4.78 is 36.9. The van der Waals surface area contributed by atoms with Crippen LogP contribution in [0.4, 0.5) is 0 Å². The minimum Gasteiger partial charge on any atom is -0.871 e. The van der Waals surface area contributed by atoms with Gasteiger partial charge in [-0.2, -0.15) is 8.42 Å². The summed E-state index contributed by atoms with van der Waals surface area (Å²) in [6, 6.07) is 11.1. The predicted octanol–water partition coefficient (Wildman–Crippen LogP) is 2.49. The molecule has 5 nitrogen and oxygen atoms in total. The largest absolute Gasteiger partial charge is 1.00 e. The molecule has 0 aliphatic carbocycles. The Kier molecular flexibility index (Phi) is 11.9. The zero-order valence-corrected chi connectivity index (χ0v) is 20.2. The number of ether oxygens (including phenoxy) is 1. The summed E-state index contributed by atoms with van der Waals surface area (Å²) in [5.41, 5.74) is 1.17. The van der Waals surface area contributed by atoms with Gasteiger partial charge in [0.2, 0.25) is 0 Å². The third kappa shape index (κ3) is 9.53. The summed E-state index contributed by atoms with van der Waals surface area (Å²) in [7, 11) is -4.52. The van der Waals surface area contributed by atoms with Crippen LogP contribution in [0, 0.1) is 0 Å². The van der Waals surface area contributed by atoms with Crippen LogP contribution < -0.4 is 39.4 Å². The summed E-state index contributed by atoms with van der Waals surface area (Å²) in [6.07, 6.45) is 11.2. The fourth-order valence-corrected chi connectivity index (χ4v) is 3.68. The van der Waals surface area contributed by atoms with Crippen molar-refractivity contribution in [3.8, 4) is 17.2 Å². The van der Waals surface area contributed by atoms with Gasteiger partial charge in [0, 0.05) is 0 Å². The smallest absolute Gasteiger partial charge is 0.871 e. The van der Waals surface area contributed by atoms with Crippen molar-refractivity contribution in [1.29, 1.82) is 0 Å². The van der Waals surface area contributed by atoms with E-state index in [0.29, 0.717) is 5.75 Å². The summed E-state index contributed by atoms with van der Waals surface area (Å²) in [5.74, 6) is 0.0350. The Morgan fingerprint density at radius 3 is 2.14 bits per heavy atom. The van der Waals surface area contributed by atoms with Crippen molar-refractivity contribution >= 4 is 10.1 Å². The van der Waals surface area contributed by atoms with E-state index in [0.717, 1.165) is 25.0 Å². The van der Waals surface area contributed by atoms with E-state index >= 15 is 0 Å². The fraction of sp³-hybridized carbons (Fsp3) is 0.455. The van der Waals surface area contributed by atoms with Crippen molar-refractivity contribution in [2.75, 3.05) is 0 Å². The van der Waals surface area contributed by atoms with Gasteiger partial charge >= 0.3 is 29.6 Å². The number of hydrogen-bond donors (Lipinski definition) is 1. The Bertz CT molecular complexity index is 852. The third-order valence-corrected chi connectivity index (χ3v) is 5.54. The van der Waals surface area contributed by atoms with Crippen molar-refractivity contribution < 1.29 is 52.4 Å². The predicted molar refractivity (Wildman–Crippen MR) is 109 cm³/mol. The Balaban J connectivity index is 0.00000420. The molecule has 0 saturated carbocycles. The molecule has 2 aromatic carbocycles. The zero-order valence-electron chi connectivity index (χ0n) is 17.4. The van der Waals surface area contributed by atoms with Crippen molar-refractivity contribution in [2.24, 2.45) is 0 Å². The summed E-state index contributed by atoms with van der Waals surface area (Å²) >= 11 is 0. The van der Waals surface area contributed by atoms with Gasteiger partial charge in [0.1, 0.15) is 11.5 Å². The fourth-order valence-electron chi connectivity index (χ4n) is 3.13. The van der Waals surface area contributed by atoms with Crippen molar-refractivity contribution in [3.63, 3.8) is 0 Å². The van der Waals surface area contributed by atoms with Crippen LogP contribution >= 0.6 is 0 Å². The Morgan fingerprint density at radius 2 is 1.52 bits per heavy atom. The normalized spacial score (nSPS) is 11.1. The minimum atomic E-state index is -4.52. The van der Waals surface area contributed by atoms with E-state index in [9.17, 15) is 13.5 Å². The molecule has 2 rings (SSSR count). The number of rotatable bonds is 12. The Hall–Kier alpha value is -1.05. The number of unbranched alkanes of at least 4 members (excludes halogenated alkanes) is 7. The quantitative estimate of drug-likeness (QED) is 0.319. The van der Waals surface area contributed by atoms with Gasteiger partial charge in [-0.15, -0.1) is 0 Å². The second-order valence-electron chi connectivity index (χ2n) is 7.06. The van der Waals surface area contributed by atoms with E-state index in [4.69, 9.17) is 9.29 Å². The maximum atomic E-state index is 11.8. The van der Waals surface area contributed by atoms with E-state index in [1.54, 1.807) is 6.07 Å². The van der Waals surface area contributed by atoms with E-state index in [1.165, 1.54) is 56.6 Å². The van der Waals surface area contributed by atoms with Crippen LogP contribution in [0.15, 0.2) is 47.4 Å². The second-order valence-corrected chi connectivity index (χ2v) is 8.45. The van der Waals surface area contributed by atoms with E-state index in [-0.39, 0.29) is 35.3 Å². The molecule has 0 radical (unpaired) electrons. The van der Waals surface area contributed by atoms with Crippen LogP contribution in [-0.2, 0) is 16.5 Å². The molecule has 0 unspecified atom stereocenters. The van der Waals surface area contributed by atoms with Crippen LogP contribution in [0.25, 0.3) is 0 Å². The molecule has 7 heteroatoms. The van der Waals surface area contributed by atoms with Gasteiger partial charge < -0.3 is 9.84 Å². The molecule has 29 heavy (non-hydrogen) atoms. The monoisotopic (exact) mass is 428 g/mol. The molecule has 0 amide bonds. The molecule has 0 saturated heterocycles. The van der Waals surface area contributed by atoms with Crippen LogP contribution in [-0.4, -0.2) is 13.0 Å². The molecule has 1 N–H and O–H groups in total. The van der Waals surface area contributed by atoms with Crippen molar-refractivity contribution in [1.82, 2.24) is 0 Å². The molecule has 2 aromatic rings. The van der Waals surface area contributed by atoms with Gasteiger partial charge in [-0.05, 0) is 48.7 Å². The molecule has 0 aliphatic rings. The van der Waals surface area contributed by atoms with Gasteiger partial charge in [0.15, 0.2) is 0 Å². The van der Waals surface area contributed by atoms with Crippen molar-refractivity contribution in [2.45, 2.75) is 69.6 Å². The van der Waals surface area contributed by atoms with Gasteiger partial charge in [-0.1, -0.05) is 69.8 Å². The molecule has 0 aliphatic heterocycles. The number of hydrogen-bond acceptors (Lipinski definition) is 4. The first-order valence-corrected chi connectivity index (χ1v) is 11.4. The molecular weight excluding hydrogens is 399 g/mol.